The molecular weight excluding hydrogens is 427 g/mol. The average Bonchev–Trinajstić information content (AvgIpc) is 2.66. The Bertz CT molecular complexity index is 1270. The molecule has 8 heteroatoms. The predicted octanol–water partition coefficient (Wildman–Crippen LogP) is 4.90. The van der Waals surface area contributed by atoms with Gasteiger partial charge in [0.05, 0.1) is 15.5 Å². The van der Waals surface area contributed by atoms with E-state index in [1.165, 1.54) is 30.4 Å². The molecule has 0 amide bonds. The molecule has 0 aliphatic carbocycles. The molecule has 30 heavy (non-hydrogen) atoms. The van der Waals surface area contributed by atoms with Crippen molar-refractivity contribution in [3.8, 4) is 11.1 Å². The molecule has 3 nitrogen and oxygen atoms in total. The lowest BCUT2D eigenvalue weighted by atomic mass is 9.97. The third kappa shape index (κ3) is 4.37. The Morgan fingerprint density at radius 1 is 1.17 bits per heavy atom. The number of allylic oxidation sites excluding steroid dienone is 1. The first-order valence-corrected chi connectivity index (χ1v) is 10.6. The Balaban J connectivity index is 2.42. The normalized spacial score (nSPS) is 12.1. The van der Waals surface area contributed by atoms with Crippen LogP contribution in [-0.4, -0.2) is 21.2 Å². The number of hydrogen-bond donors (Lipinski definition) is 0. The van der Waals surface area contributed by atoms with Crippen molar-refractivity contribution in [2.45, 2.75) is 16.7 Å². The first kappa shape index (κ1) is 21.9. The fourth-order valence-electron chi connectivity index (χ4n) is 3.05. The molecule has 3 aromatic rings. The van der Waals surface area contributed by atoms with E-state index in [4.69, 9.17) is 19.4 Å². The van der Waals surface area contributed by atoms with Crippen molar-refractivity contribution in [2.24, 2.45) is 0 Å². The van der Waals surface area contributed by atoms with Crippen molar-refractivity contribution in [1.82, 2.24) is 4.98 Å². The van der Waals surface area contributed by atoms with Gasteiger partial charge in [-0.05, 0) is 48.9 Å². The summed E-state index contributed by atoms with van der Waals surface area (Å²) in [7, 11) is 1.37. The van der Waals surface area contributed by atoms with Crippen molar-refractivity contribution in [1.29, 1.82) is 0 Å². The number of benzene rings is 2. The number of nitrogens with zero attached hydrogens (tertiary/aromatic N) is 1. The topological polar surface area (TPSA) is 47.0 Å². The summed E-state index contributed by atoms with van der Waals surface area (Å²) in [5.41, 5.74) is 1.11. The van der Waals surface area contributed by atoms with E-state index in [2.05, 4.69) is 11.6 Å². The number of rotatable bonds is 5. The van der Waals surface area contributed by atoms with Gasteiger partial charge < -0.3 is 0 Å². The molecule has 0 bridgehead atoms. The quantitative estimate of drug-likeness (QED) is 0.529. The van der Waals surface area contributed by atoms with Gasteiger partial charge in [0.15, 0.2) is 0 Å². The monoisotopic (exact) mass is 441 g/mol. The van der Waals surface area contributed by atoms with Gasteiger partial charge in [-0.15, -0.1) is 0 Å². The van der Waals surface area contributed by atoms with Crippen molar-refractivity contribution in [3.63, 3.8) is 0 Å². The standard InChI is InChI=1S/C22H15BClF2NO2S/c1-3-19-20(7-13(2)24)27-12-21(22(19)14-5-4-6-16(25)8-14)30(28,29)18-10-15(23)9-17(26)11-18/h3-12H,1H2,2H3/b13-7+. The van der Waals surface area contributed by atoms with Gasteiger partial charge >= 0.3 is 0 Å². The highest BCUT2D eigenvalue weighted by Gasteiger charge is 2.26. The summed E-state index contributed by atoms with van der Waals surface area (Å²) in [4.78, 5) is 3.62. The van der Waals surface area contributed by atoms with Gasteiger partial charge in [0.25, 0.3) is 0 Å². The van der Waals surface area contributed by atoms with Crippen LogP contribution < -0.4 is 5.46 Å². The van der Waals surface area contributed by atoms with Gasteiger partial charge in [-0.3, -0.25) is 4.98 Å². The van der Waals surface area contributed by atoms with Crippen molar-refractivity contribution in [3.05, 3.63) is 83.2 Å². The molecular formula is C22H15BClF2NO2S. The first-order chi connectivity index (χ1) is 14.1. The number of sulfone groups is 1. The number of halogens is 3. The fourth-order valence-corrected chi connectivity index (χ4v) is 4.65. The molecule has 150 valence electrons. The highest BCUT2D eigenvalue weighted by molar-refractivity contribution is 7.91. The van der Waals surface area contributed by atoms with Crippen LogP contribution in [0.5, 0.6) is 0 Å². The zero-order valence-corrected chi connectivity index (χ0v) is 17.4. The van der Waals surface area contributed by atoms with Gasteiger partial charge in [0.1, 0.15) is 19.5 Å². The van der Waals surface area contributed by atoms with E-state index in [9.17, 15) is 17.2 Å². The third-order valence-corrected chi connectivity index (χ3v) is 6.11. The molecule has 1 aromatic heterocycles. The van der Waals surface area contributed by atoms with E-state index in [1.807, 2.05) is 0 Å². The highest BCUT2D eigenvalue weighted by Crippen LogP contribution is 2.36. The van der Waals surface area contributed by atoms with Crippen LogP contribution in [0.15, 0.2) is 70.1 Å². The molecule has 1 heterocycles. The van der Waals surface area contributed by atoms with Gasteiger partial charge in [0.2, 0.25) is 9.84 Å². The van der Waals surface area contributed by atoms with Crippen LogP contribution >= 0.6 is 11.6 Å². The van der Waals surface area contributed by atoms with E-state index in [0.29, 0.717) is 16.3 Å². The molecule has 0 spiro atoms. The van der Waals surface area contributed by atoms with Crippen LogP contribution in [0.25, 0.3) is 23.3 Å². The van der Waals surface area contributed by atoms with Crippen LogP contribution in [0.2, 0.25) is 0 Å². The number of hydrogen-bond acceptors (Lipinski definition) is 3. The van der Waals surface area contributed by atoms with Crippen LogP contribution in [-0.2, 0) is 9.84 Å². The molecule has 0 fully saturated rings. The fraction of sp³-hybridized carbons (Fsp3) is 0.0455. The lowest BCUT2D eigenvalue weighted by molar-refractivity contribution is 0.591. The molecule has 0 saturated carbocycles. The minimum absolute atomic E-state index is 0.0462. The summed E-state index contributed by atoms with van der Waals surface area (Å²) >= 11 is 5.98. The molecule has 0 unspecified atom stereocenters. The summed E-state index contributed by atoms with van der Waals surface area (Å²) in [5.74, 6) is -1.35. The summed E-state index contributed by atoms with van der Waals surface area (Å²) in [5, 5.41) is 0.407. The molecule has 0 saturated heterocycles. The minimum atomic E-state index is -4.26. The second-order valence-corrected chi connectivity index (χ2v) is 8.98. The SMILES string of the molecule is [B]c1cc(F)cc(S(=O)(=O)c2cnc(/C=C(\C)Cl)c(C=C)c2-c2cccc(F)c2)c1. The second-order valence-electron chi connectivity index (χ2n) is 6.47. The molecule has 2 aromatic carbocycles. The summed E-state index contributed by atoms with van der Waals surface area (Å²) in [6, 6.07) is 8.48. The molecule has 0 N–H and O–H groups in total. The van der Waals surface area contributed by atoms with E-state index in [0.717, 1.165) is 24.4 Å². The maximum absolute atomic E-state index is 14.0. The number of aromatic nitrogens is 1. The Morgan fingerprint density at radius 2 is 1.90 bits per heavy atom. The number of pyridine rings is 1. The molecule has 0 aliphatic rings. The zero-order chi connectivity index (χ0) is 22.1. The van der Waals surface area contributed by atoms with E-state index < -0.39 is 21.5 Å². The smallest absolute Gasteiger partial charge is 0.208 e. The van der Waals surface area contributed by atoms with Crippen molar-refractivity contribution >= 4 is 46.9 Å². The van der Waals surface area contributed by atoms with Crippen LogP contribution in [0.4, 0.5) is 8.78 Å². The van der Waals surface area contributed by atoms with Crippen LogP contribution in [0.3, 0.4) is 0 Å². The maximum Gasteiger partial charge on any atom is 0.208 e. The van der Waals surface area contributed by atoms with Crippen LogP contribution in [0.1, 0.15) is 18.2 Å². The Hall–Kier alpha value is -2.77. The summed E-state index contributed by atoms with van der Waals surface area (Å²) in [6.45, 7) is 5.39. The molecule has 3 rings (SSSR count). The predicted molar refractivity (Wildman–Crippen MR) is 116 cm³/mol. The van der Waals surface area contributed by atoms with Gasteiger partial charge in [-0.25, -0.2) is 17.2 Å². The third-order valence-electron chi connectivity index (χ3n) is 4.26. The summed E-state index contributed by atoms with van der Waals surface area (Å²) in [6.07, 6.45) is 4.09. The second kappa shape index (κ2) is 8.54. The Morgan fingerprint density at radius 3 is 2.50 bits per heavy atom. The lowest BCUT2D eigenvalue weighted by Gasteiger charge is -2.16. The lowest BCUT2D eigenvalue weighted by Crippen LogP contribution is -2.12. The molecule has 2 radical (unpaired) electrons. The van der Waals surface area contributed by atoms with Gasteiger partial charge in [-0.1, -0.05) is 41.9 Å². The molecule has 0 aliphatic heterocycles. The Labute approximate surface area is 180 Å². The minimum Gasteiger partial charge on any atom is -0.255 e. The van der Waals surface area contributed by atoms with E-state index >= 15 is 0 Å². The van der Waals surface area contributed by atoms with Crippen molar-refractivity contribution < 1.29 is 17.2 Å². The van der Waals surface area contributed by atoms with E-state index in [1.54, 1.807) is 13.0 Å². The first-order valence-electron chi connectivity index (χ1n) is 8.70. The zero-order valence-electron chi connectivity index (χ0n) is 15.9. The Kier molecular flexibility index (Phi) is 6.24. The van der Waals surface area contributed by atoms with Crippen LogP contribution in [0, 0.1) is 11.6 Å². The maximum atomic E-state index is 14.0. The van der Waals surface area contributed by atoms with Crippen molar-refractivity contribution in [2.75, 3.05) is 0 Å². The molecule has 0 atom stereocenters. The van der Waals surface area contributed by atoms with E-state index in [-0.39, 0.29) is 26.4 Å². The average molecular weight is 442 g/mol. The summed E-state index contributed by atoms with van der Waals surface area (Å²) < 4.78 is 54.6. The largest absolute Gasteiger partial charge is 0.255 e. The highest BCUT2D eigenvalue weighted by atomic mass is 35.5. The van der Waals surface area contributed by atoms with Gasteiger partial charge in [0, 0.05) is 22.4 Å². The van der Waals surface area contributed by atoms with Gasteiger partial charge in [-0.2, -0.15) is 0 Å².